The molecule has 0 radical (unpaired) electrons. The van der Waals surface area contributed by atoms with E-state index in [1.54, 1.807) is 0 Å². The molecule has 0 aliphatic heterocycles. The zero-order valence-electron chi connectivity index (χ0n) is 8.14. The van der Waals surface area contributed by atoms with Gasteiger partial charge in [-0.3, -0.25) is 0 Å². The number of hydrogen-bond acceptors (Lipinski definition) is 0. The zero-order valence-corrected chi connectivity index (χ0v) is 8.14. The molecule has 0 aromatic rings. The van der Waals surface area contributed by atoms with E-state index in [0.717, 1.165) is 12.8 Å². The van der Waals surface area contributed by atoms with Gasteiger partial charge in [-0.1, -0.05) is 35.5 Å². The van der Waals surface area contributed by atoms with Crippen molar-refractivity contribution in [2.75, 3.05) is 0 Å². The third-order valence-electron chi connectivity index (χ3n) is 2.24. The van der Waals surface area contributed by atoms with Crippen molar-refractivity contribution < 1.29 is 0 Å². The first-order valence-electron chi connectivity index (χ1n) is 4.75. The quantitative estimate of drug-likeness (QED) is 0.472. The first-order valence-corrected chi connectivity index (χ1v) is 4.75. The molecule has 0 nitrogen and oxygen atoms in total. The molecule has 0 unspecified atom stereocenters. The maximum Gasteiger partial charge on any atom is -0.0141 e. The average molecular weight is 162 g/mol. The highest BCUT2D eigenvalue weighted by Gasteiger charge is 1.91. The molecule has 0 aromatic carbocycles. The van der Waals surface area contributed by atoms with Crippen molar-refractivity contribution in [3.63, 3.8) is 0 Å². The van der Waals surface area contributed by atoms with Gasteiger partial charge in [-0.25, -0.2) is 0 Å². The summed E-state index contributed by atoms with van der Waals surface area (Å²) in [6.07, 6.45) is 13.9. The lowest BCUT2D eigenvalue weighted by Crippen LogP contribution is -1.81. The maximum atomic E-state index is 2.35. The summed E-state index contributed by atoms with van der Waals surface area (Å²) in [6, 6.07) is 0. The molecule has 0 atom stereocenters. The smallest absolute Gasteiger partial charge is 0.0141 e. The van der Waals surface area contributed by atoms with E-state index >= 15 is 0 Å². The monoisotopic (exact) mass is 162 g/mol. The van der Waals surface area contributed by atoms with Crippen LogP contribution in [0.1, 0.15) is 39.5 Å². The Morgan fingerprint density at radius 2 is 1.83 bits per heavy atom. The normalized spacial score (nSPS) is 31.2. The molecule has 0 N–H and O–H groups in total. The van der Waals surface area contributed by atoms with Crippen molar-refractivity contribution in [1.82, 2.24) is 0 Å². The van der Waals surface area contributed by atoms with Crippen molar-refractivity contribution in [3.05, 3.63) is 35.5 Å². The molecule has 0 saturated heterocycles. The average Bonchev–Trinajstić information content (AvgIpc) is 2.04. The van der Waals surface area contributed by atoms with Crippen LogP contribution in [-0.2, 0) is 0 Å². The Kier molecular flexibility index (Phi) is 3.86. The van der Waals surface area contributed by atoms with Crippen LogP contribution in [0, 0.1) is 0 Å². The molecule has 1 aliphatic carbocycles. The van der Waals surface area contributed by atoms with E-state index in [9.17, 15) is 0 Å². The second kappa shape index (κ2) is 4.97. The van der Waals surface area contributed by atoms with Crippen molar-refractivity contribution in [3.8, 4) is 0 Å². The van der Waals surface area contributed by atoms with Gasteiger partial charge in [0.15, 0.2) is 0 Å². The summed E-state index contributed by atoms with van der Waals surface area (Å²) in [6.45, 7) is 4.43. The topological polar surface area (TPSA) is 0 Å². The molecule has 0 bridgehead atoms. The largest absolute Gasteiger partial charge is 0.0850 e. The molecule has 66 valence electrons. The molecular formula is C12H18. The minimum Gasteiger partial charge on any atom is -0.0850 e. The predicted octanol–water partition coefficient (Wildman–Crippen LogP) is 4.01. The van der Waals surface area contributed by atoms with Gasteiger partial charge in [-0.15, -0.1) is 0 Å². The van der Waals surface area contributed by atoms with E-state index in [2.05, 4.69) is 38.2 Å². The van der Waals surface area contributed by atoms with Crippen LogP contribution in [0.2, 0.25) is 0 Å². The Hall–Kier alpha value is -0.780. The standard InChI is InChI=1S/C12H18/c1-11-7-4-3-5-8-12(2)10-6-9-11/h3-4,8-9H,5-7,10H2,1-2H3/b4-3-,11-9+,12-8+. The minimum atomic E-state index is 1.11. The van der Waals surface area contributed by atoms with E-state index in [1.807, 2.05) is 0 Å². The van der Waals surface area contributed by atoms with Gasteiger partial charge in [0.2, 0.25) is 0 Å². The molecule has 0 saturated carbocycles. The lowest BCUT2D eigenvalue weighted by molar-refractivity contribution is 0.946. The SMILES string of the molecule is C/C1=C\CC/C(C)=C/C/C=C\C1. The van der Waals surface area contributed by atoms with E-state index in [1.165, 1.54) is 24.0 Å². The summed E-state index contributed by atoms with van der Waals surface area (Å²) in [7, 11) is 0. The van der Waals surface area contributed by atoms with Gasteiger partial charge in [-0.05, 0) is 39.5 Å². The van der Waals surface area contributed by atoms with E-state index < -0.39 is 0 Å². The number of allylic oxidation sites excluding steroid dienone is 6. The third kappa shape index (κ3) is 3.56. The van der Waals surface area contributed by atoms with Gasteiger partial charge < -0.3 is 0 Å². The van der Waals surface area contributed by atoms with Crippen LogP contribution in [0.3, 0.4) is 0 Å². The van der Waals surface area contributed by atoms with Gasteiger partial charge in [-0.2, -0.15) is 0 Å². The summed E-state index contributed by atoms with van der Waals surface area (Å²) in [5, 5.41) is 0. The second-order valence-corrected chi connectivity index (χ2v) is 3.55. The minimum absolute atomic E-state index is 1.11. The lowest BCUT2D eigenvalue weighted by atomic mass is 10.1. The van der Waals surface area contributed by atoms with Crippen molar-refractivity contribution in [1.29, 1.82) is 0 Å². The Morgan fingerprint density at radius 3 is 2.67 bits per heavy atom. The fourth-order valence-corrected chi connectivity index (χ4v) is 1.37. The molecule has 0 heteroatoms. The van der Waals surface area contributed by atoms with Gasteiger partial charge >= 0.3 is 0 Å². The van der Waals surface area contributed by atoms with Crippen LogP contribution in [-0.4, -0.2) is 0 Å². The second-order valence-electron chi connectivity index (χ2n) is 3.55. The third-order valence-corrected chi connectivity index (χ3v) is 2.24. The van der Waals surface area contributed by atoms with Gasteiger partial charge in [0, 0.05) is 0 Å². The fraction of sp³-hybridized carbons (Fsp3) is 0.500. The van der Waals surface area contributed by atoms with E-state index in [0.29, 0.717) is 0 Å². The molecule has 0 heterocycles. The number of hydrogen-bond donors (Lipinski definition) is 0. The summed E-state index contributed by atoms with van der Waals surface area (Å²) >= 11 is 0. The number of rotatable bonds is 0. The zero-order chi connectivity index (χ0) is 8.81. The molecule has 12 heavy (non-hydrogen) atoms. The van der Waals surface area contributed by atoms with Crippen LogP contribution in [0.5, 0.6) is 0 Å². The molecular weight excluding hydrogens is 144 g/mol. The van der Waals surface area contributed by atoms with Crippen molar-refractivity contribution in [2.24, 2.45) is 0 Å². The van der Waals surface area contributed by atoms with Crippen LogP contribution in [0.4, 0.5) is 0 Å². The van der Waals surface area contributed by atoms with Gasteiger partial charge in [0.25, 0.3) is 0 Å². The Labute approximate surface area is 75.7 Å². The Balaban J connectivity index is 2.59. The van der Waals surface area contributed by atoms with Crippen molar-refractivity contribution in [2.45, 2.75) is 39.5 Å². The summed E-state index contributed by atoms with van der Waals surface area (Å²) in [5.74, 6) is 0. The predicted molar refractivity (Wildman–Crippen MR) is 55.1 cm³/mol. The first kappa shape index (κ1) is 9.31. The Morgan fingerprint density at radius 1 is 1.00 bits per heavy atom. The van der Waals surface area contributed by atoms with Crippen molar-refractivity contribution >= 4 is 0 Å². The highest BCUT2D eigenvalue weighted by atomic mass is 14.0. The van der Waals surface area contributed by atoms with Crippen LogP contribution < -0.4 is 0 Å². The molecule has 0 spiro atoms. The first-order chi connectivity index (χ1) is 5.79. The molecule has 0 fully saturated rings. The van der Waals surface area contributed by atoms with Crippen LogP contribution in [0.15, 0.2) is 35.5 Å². The Bertz CT molecular complexity index is 216. The van der Waals surface area contributed by atoms with Gasteiger partial charge in [0.05, 0.1) is 0 Å². The molecule has 1 rings (SSSR count). The summed E-state index contributed by atoms with van der Waals surface area (Å²) in [4.78, 5) is 0. The highest BCUT2D eigenvalue weighted by Crippen LogP contribution is 2.12. The lowest BCUT2D eigenvalue weighted by Gasteiger charge is -2.01. The molecule has 1 aliphatic rings. The fourth-order valence-electron chi connectivity index (χ4n) is 1.37. The van der Waals surface area contributed by atoms with Crippen LogP contribution in [0.25, 0.3) is 0 Å². The summed E-state index contributed by atoms with van der Waals surface area (Å²) < 4.78 is 0. The molecule has 0 amide bonds. The van der Waals surface area contributed by atoms with Gasteiger partial charge in [0.1, 0.15) is 0 Å². The highest BCUT2D eigenvalue weighted by molar-refractivity contribution is 5.10. The molecule has 0 aromatic heterocycles. The van der Waals surface area contributed by atoms with E-state index in [4.69, 9.17) is 0 Å². The van der Waals surface area contributed by atoms with E-state index in [-0.39, 0.29) is 0 Å². The summed E-state index contributed by atoms with van der Waals surface area (Å²) in [5.41, 5.74) is 3.02. The maximum absolute atomic E-state index is 2.35. The van der Waals surface area contributed by atoms with Crippen LogP contribution >= 0.6 is 0 Å².